The summed E-state index contributed by atoms with van der Waals surface area (Å²) in [7, 11) is -3.95. The van der Waals surface area contributed by atoms with Crippen LogP contribution in [0.2, 0.25) is 0 Å². The van der Waals surface area contributed by atoms with Crippen molar-refractivity contribution in [1.82, 2.24) is 0 Å². The molecule has 6 nitrogen and oxygen atoms in total. The molecule has 0 unspecified atom stereocenters. The Morgan fingerprint density at radius 3 is 2.42 bits per heavy atom. The van der Waals surface area contributed by atoms with E-state index in [9.17, 15) is 17.6 Å². The molecule has 0 atom stereocenters. The highest BCUT2D eigenvalue weighted by atomic mass is 32.2. The van der Waals surface area contributed by atoms with E-state index < -0.39 is 27.3 Å². The van der Waals surface area contributed by atoms with Crippen LogP contribution in [0.3, 0.4) is 0 Å². The first kappa shape index (κ1) is 15.4. The fourth-order valence-corrected chi connectivity index (χ4v) is 2.14. The van der Waals surface area contributed by atoms with Crippen LogP contribution in [0.1, 0.15) is 20.3 Å². The standard InChI is InChI=1S/C11H16FN3O3S/c1-11(2,6-10(13)16)15-9-4-3-7(5-8(9)12)19(14,17)18/h3-5,15H,6H2,1-2H3,(H2,13,16)(H2,14,17,18). The third-order valence-electron chi connectivity index (χ3n) is 2.36. The van der Waals surface area contributed by atoms with Crippen LogP contribution in [0.4, 0.5) is 10.1 Å². The molecule has 5 N–H and O–H groups in total. The molecule has 0 spiro atoms. The Morgan fingerprint density at radius 2 is 2.00 bits per heavy atom. The number of primary amides is 1. The van der Waals surface area contributed by atoms with Crippen LogP contribution >= 0.6 is 0 Å². The van der Waals surface area contributed by atoms with E-state index in [1.165, 1.54) is 12.1 Å². The molecule has 0 fully saturated rings. The van der Waals surface area contributed by atoms with Gasteiger partial charge in [-0.1, -0.05) is 0 Å². The second-order valence-electron chi connectivity index (χ2n) is 4.84. The summed E-state index contributed by atoms with van der Waals surface area (Å²) in [4.78, 5) is 10.6. The van der Waals surface area contributed by atoms with Crippen molar-refractivity contribution in [2.75, 3.05) is 5.32 Å². The predicted molar refractivity (Wildman–Crippen MR) is 69.3 cm³/mol. The first-order valence-electron chi connectivity index (χ1n) is 5.40. The molecule has 1 aromatic rings. The lowest BCUT2D eigenvalue weighted by molar-refractivity contribution is -0.118. The van der Waals surface area contributed by atoms with E-state index in [1.807, 2.05) is 0 Å². The molecule has 19 heavy (non-hydrogen) atoms. The number of carbonyl (C=O) groups excluding carboxylic acids is 1. The zero-order valence-corrected chi connectivity index (χ0v) is 11.4. The monoisotopic (exact) mass is 289 g/mol. The molecule has 0 aliphatic heterocycles. The van der Waals surface area contributed by atoms with Crippen molar-refractivity contribution in [3.05, 3.63) is 24.0 Å². The van der Waals surface area contributed by atoms with E-state index in [-0.39, 0.29) is 17.0 Å². The Labute approximate surface area is 111 Å². The molecule has 0 saturated heterocycles. The van der Waals surface area contributed by atoms with Crippen LogP contribution in [-0.4, -0.2) is 19.9 Å². The maximum atomic E-state index is 13.7. The zero-order chi connectivity index (χ0) is 14.8. The van der Waals surface area contributed by atoms with Gasteiger partial charge in [-0.2, -0.15) is 0 Å². The van der Waals surface area contributed by atoms with Crippen molar-refractivity contribution in [3.8, 4) is 0 Å². The molecule has 1 rings (SSSR count). The Morgan fingerprint density at radius 1 is 1.42 bits per heavy atom. The summed E-state index contributed by atoms with van der Waals surface area (Å²) in [5.74, 6) is -1.30. The minimum atomic E-state index is -3.95. The van der Waals surface area contributed by atoms with Crippen LogP contribution in [0, 0.1) is 5.82 Å². The number of rotatable bonds is 5. The van der Waals surface area contributed by atoms with Gasteiger partial charge in [-0.05, 0) is 32.0 Å². The minimum absolute atomic E-state index is 0.00335. The number of carbonyl (C=O) groups is 1. The largest absolute Gasteiger partial charge is 0.377 e. The molecule has 0 aromatic heterocycles. The van der Waals surface area contributed by atoms with Gasteiger partial charge in [-0.3, -0.25) is 4.79 Å². The Bertz CT molecular complexity index is 599. The highest BCUT2D eigenvalue weighted by molar-refractivity contribution is 7.89. The highest BCUT2D eigenvalue weighted by Gasteiger charge is 2.22. The average Bonchev–Trinajstić information content (AvgIpc) is 2.16. The van der Waals surface area contributed by atoms with Gasteiger partial charge in [0.1, 0.15) is 5.82 Å². The maximum Gasteiger partial charge on any atom is 0.238 e. The first-order chi connectivity index (χ1) is 8.51. The number of primary sulfonamides is 1. The van der Waals surface area contributed by atoms with Gasteiger partial charge in [-0.25, -0.2) is 17.9 Å². The summed E-state index contributed by atoms with van der Waals surface area (Å²) in [6.07, 6.45) is 0.00335. The average molecular weight is 289 g/mol. The SMILES string of the molecule is CC(C)(CC(N)=O)Nc1ccc(S(N)(=O)=O)cc1F. The molecule has 0 bridgehead atoms. The number of nitrogens with two attached hydrogens (primary N) is 2. The summed E-state index contributed by atoms with van der Waals surface area (Å²) < 4.78 is 35.9. The second kappa shape index (κ2) is 5.14. The minimum Gasteiger partial charge on any atom is -0.377 e. The van der Waals surface area contributed by atoms with E-state index in [4.69, 9.17) is 10.9 Å². The van der Waals surface area contributed by atoms with E-state index in [0.29, 0.717) is 0 Å². The molecular weight excluding hydrogens is 273 g/mol. The van der Waals surface area contributed by atoms with Crippen LogP contribution in [0.15, 0.2) is 23.1 Å². The van der Waals surface area contributed by atoms with Crippen molar-refractivity contribution in [2.24, 2.45) is 10.9 Å². The van der Waals surface area contributed by atoms with Crippen LogP contribution < -0.4 is 16.2 Å². The summed E-state index contributed by atoms with van der Waals surface area (Å²) in [6.45, 7) is 3.34. The van der Waals surface area contributed by atoms with Crippen molar-refractivity contribution >= 4 is 21.6 Å². The molecule has 8 heteroatoms. The predicted octanol–water partition coefficient (Wildman–Crippen LogP) is 0.539. The summed E-state index contributed by atoms with van der Waals surface area (Å²) >= 11 is 0. The molecule has 106 valence electrons. The number of anilines is 1. The third kappa shape index (κ3) is 4.49. The molecular formula is C11H16FN3O3S. The number of amides is 1. The summed E-state index contributed by atoms with van der Waals surface area (Å²) in [5, 5.41) is 7.68. The van der Waals surface area contributed by atoms with Gasteiger partial charge in [0, 0.05) is 12.0 Å². The first-order valence-corrected chi connectivity index (χ1v) is 6.95. The van der Waals surface area contributed by atoms with Crippen molar-refractivity contribution in [1.29, 1.82) is 0 Å². The van der Waals surface area contributed by atoms with E-state index >= 15 is 0 Å². The van der Waals surface area contributed by atoms with Crippen LogP contribution in [0.5, 0.6) is 0 Å². The topological polar surface area (TPSA) is 115 Å². The van der Waals surface area contributed by atoms with Crippen molar-refractivity contribution in [2.45, 2.75) is 30.7 Å². The Hall–Kier alpha value is -1.67. The molecule has 1 aromatic carbocycles. The van der Waals surface area contributed by atoms with E-state index in [1.54, 1.807) is 13.8 Å². The fraction of sp³-hybridized carbons (Fsp3) is 0.364. The number of sulfonamides is 1. The normalized spacial score (nSPS) is 12.2. The highest BCUT2D eigenvalue weighted by Crippen LogP contribution is 2.23. The van der Waals surface area contributed by atoms with Gasteiger partial charge in [0.15, 0.2) is 0 Å². The fourth-order valence-electron chi connectivity index (χ4n) is 1.62. The lowest BCUT2D eigenvalue weighted by Crippen LogP contribution is -2.36. The molecule has 0 saturated carbocycles. The molecule has 0 aliphatic carbocycles. The number of nitrogens with one attached hydrogen (secondary N) is 1. The number of hydrogen-bond acceptors (Lipinski definition) is 4. The molecule has 1 amide bonds. The Kier molecular flexibility index (Phi) is 4.16. The molecule has 0 radical (unpaired) electrons. The smallest absolute Gasteiger partial charge is 0.238 e. The quantitative estimate of drug-likeness (QED) is 0.733. The van der Waals surface area contributed by atoms with Gasteiger partial charge in [0.05, 0.1) is 10.6 Å². The second-order valence-corrected chi connectivity index (χ2v) is 6.40. The number of hydrogen-bond donors (Lipinski definition) is 3. The van der Waals surface area contributed by atoms with E-state index in [2.05, 4.69) is 5.32 Å². The third-order valence-corrected chi connectivity index (χ3v) is 3.27. The lowest BCUT2D eigenvalue weighted by Gasteiger charge is -2.26. The Balaban J connectivity index is 3.02. The zero-order valence-electron chi connectivity index (χ0n) is 10.6. The van der Waals surface area contributed by atoms with Crippen LogP contribution in [0.25, 0.3) is 0 Å². The van der Waals surface area contributed by atoms with Gasteiger partial charge in [0.2, 0.25) is 15.9 Å². The lowest BCUT2D eigenvalue weighted by atomic mass is 10.00. The summed E-state index contributed by atoms with van der Waals surface area (Å²) in [6, 6.07) is 3.25. The molecule has 0 heterocycles. The van der Waals surface area contributed by atoms with Crippen molar-refractivity contribution < 1.29 is 17.6 Å². The van der Waals surface area contributed by atoms with Gasteiger partial charge in [0.25, 0.3) is 0 Å². The number of benzene rings is 1. The van der Waals surface area contributed by atoms with Crippen LogP contribution in [-0.2, 0) is 14.8 Å². The molecule has 0 aliphatic rings. The van der Waals surface area contributed by atoms with Crippen molar-refractivity contribution in [3.63, 3.8) is 0 Å². The van der Waals surface area contributed by atoms with E-state index in [0.717, 1.165) is 6.07 Å². The maximum absolute atomic E-state index is 13.7. The van der Waals surface area contributed by atoms with Gasteiger partial charge >= 0.3 is 0 Å². The number of halogens is 1. The van der Waals surface area contributed by atoms with Gasteiger partial charge in [-0.15, -0.1) is 0 Å². The van der Waals surface area contributed by atoms with Gasteiger partial charge < -0.3 is 11.1 Å². The summed E-state index contributed by atoms with van der Waals surface area (Å²) in [5.41, 5.74) is 4.40.